The summed E-state index contributed by atoms with van der Waals surface area (Å²) in [6.07, 6.45) is 13.2. The Morgan fingerprint density at radius 3 is 2.43 bits per heavy atom. The molecule has 2 aliphatic rings. The van der Waals surface area contributed by atoms with Gasteiger partial charge in [0.25, 0.3) is 0 Å². The van der Waals surface area contributed by atoms with E-state index in [4.69, 9.17) is 0 Å². The number of hydrogen-bond donors (Lipinski definition) is 1. The lowest BCUT2D eigenvalue weighted by atomic mass is 9.82. The minimum atomic E-state index is 0.158. The number of nitrogens with one attached hydrogen (secondary N) is 1. The fraction of sp³-hybridized carbons (Fsp3) is 0.889. The van der Waals surface area contributed by atoms with Gasteiger partial charge >= 0.3 is 0 Å². The number of carbonyl (C=O) groups is 1. The number of amides is 1. The molecule has 2 unspecified atom stereocenters. The van der Waals surface area contributed by atoms with E-state index in [1.807, 2.05) is 0 Å². The van der Waals surface area contributed by atoms with E-state index in [1.165, 1.54) is 50.7 Å². The first-order chi connectivity index (χ1) is 10.2. The highest BCUT2D eigenvalue weighted by molar-refractivity contribution is 5.88. The Balaban J connectivity index is 1.89. The molecule has 0 heterocycles. The molecule has 0 aromatic heterocycles. The summed E-state index contributed by atoms with van der Waals surface area (Å²) in [5.41, 5.74) is 4.15. The van der Waals surface area contributed by atoms with Crippen molar-refractivity contribution in [3.05, 3.63) is 0 Å². The van der Waals surface area contributed by atoms with Crippen molar-refractivity contribution in [3.8, 4) is 0 Å². The molecule has 0 spiro atoms. The molecular formula is C18H32N2O. The standard InChI is InChI=1S/C18H32N2O/c1-3-8-17(15-10-5-4-6-11-15)19-20-18(21)16-12-7-9-14(2)13-16/h14-16H,3-13H2,1-2H3,(H,20,21)/b19-17+. The maximum Gasteiger partial charge on any atom is 0.243 e. The molecule has 0 aliphatic heterocycles. The lowest BCUT2D eigenvalue weighted by Gasteiger charge is -2.26. The van der Waals surface area contributed by atoms with Crippen LogP contribution in [0.4, 0.5) is 0 Å². The molecule has 2 fully saturated rings. The maximum atomic E-state index is 12.3. The second-order valence-corrected chi connectivity index (χ2v) is 7.13. The molecule has 0 bridgehead atoms. The summed E-state index contributed by atoms with van der Waals surface area (Å²) in [5.74, 6) is 1.65. The number of rotatable bonds is 5. The monoisotopic (exact) mass is 292 g/mol. The fourth-order valence-corrected chi connectivity index (χ4v) is 3.93. The first-order valence-electron chi connectivity index (χ1n) is 9.07. The zero-order valence-electron chi connectivity index (χ0n) is 13.9. The van der Waals surface area contributed by atoms with Gasteiger partial charge in [-0.15, -0.1) is 0 Å². The van der Waals surface area contributed by atoms with Crippen LogP contribution in [0.25, 0.3) is 0 Å². The van der Waals surface area contributed by atoms with Crippen LogP contribution in [-0.2, 0) is 4.79 Å². The summed E-state index contributed by atoms with van der Waals surface area (Å²) in [6, 6.07) is 0. The normalized spacial score (nSPS) is 28.4. The van der Waals surface area contributed by atoms with Crippen LogP contribution in [0.15, 0.2) is 5.10 Å². The zero-order chi connectivity index (χ0) is 15.1. The molecule has 2 rings (SSSR count). The summed E-state index contributed by atoms with van der Waals surface area (Å²) < 4.78 is 0. The van der Waals surface area contributed by atoms with Crippen LogP contribution in [0.1, 0.15) is 84.5 Å². The van der Waals surface area contributed by atoms with Gasteiger partial charge in [-0.2, -0.15) is 5.10 Å². The van der Waals surface area contributed by atoms with Crippen molar-refractivity contribution in [2.24, 2.45) is 22.9 Å². The van der Waals surface area contributed by atoms with Crippen LogP contribution >= 0.6 is 0 Å². The Morgan fingerprint density at radius 2 is 1.76 bits per heavy atom. The van der Waals surface area contributed by atoms with Crippen LogP contribution in [-0.4, -0.2) is 11.6 Å². The first kappa shape index (κ1) is 16.5. The third-order valence-corrected chi connectivity index (χ3v) is 5.20. The average molecular weight is 292 g/mol. The lowest BCUT2D eigenvalue weighted by molar-refractivity contribution is -0.126. The van der Waals surface area contributed by atoms with Crippen LogP contribution in [0.2, 0.25) is 0 Å². The van der Waals surface area contributed by atoms with Gasteiger partial charge in [0.15, 0.2) is 0 Å². The van der Waals surface area contributed by atoms with Crippen molar-refractivity contribution in [3.63, 3.8) is 0 Å². The Labute approximate surface area is 130 Å². The van der Waals surface area contributed by atoms with Gasteiger partial charge in [0.05, 0.1) is 0 Å². The van der Waals surface area contributed by atoms with Gasteiger partial charge in [0.1, 0.15) is 0 Å². The third kappa shape index (κ3) is 5.12. The Bertz CT molecular complexity index is 358. The van der Waals surface area contributed by atoms with Gasteiger partial charge in [0, 0.05) is 11.6 Å². The van der Waals surface area contributed by atoms with E-state index in [0.29, 0.717) is 11.8 Å². The third-order valence-electron chi connectivity index (χ3n) is 5.20. The molecule has 1 amide bonds. The largest absolute Gasteiger partial charge is 0.273 e. The SMILES string of the molecule is CCC/C(=N\NC(=O)C1CCCC(C)C1)C1CCCCC1. The van der Waals surface area contributed by atoms with Crippen molar-refractivity contribution in [2.45, 2.75) is 84.5 Å². The Morgan fingerprint density at radius 1 is 1.05 bits per heavy atom. The van der Waals surface area contributed by atoms with Crippen LogP contribution in [0.3, 0.4) is 0 Å². The smallest absolute Gasteiger partial charge is 0.243 e. The summed E-state index contributed by atoms with van der Waals surface area (Å²) in [5, 5.41) is 4.55. The van der Waals surface area contributed by atoms with Crippen molar-refractivity contribution >= 4 is 11.6 Å². The van der Waals surface area contributed by atoms with E-state index in [1.54, 1.807) is 0 Å². The van der Waals surface area contributed by atoms with Crippen molar-refractivity contribution in [2.75, 3.05) is 0 Å². The Hall–Kier alpha value is -0.860. The van der Waals surface area contributed by atoms with Crippen LogP contribution in [0.5, 0.6) is 0 Å². The lowest BCUT2D eigenvalue weighted by Crippen LogP contribution is -2.32. The minimum Gasteiger partial charge on any atom is -0.273 e. The van der Waals surface area contributed by atoms with Gasteiger partial charge < -0.3 is 0 Å². The summed E-state index contributed by atoms with van der Waals surface area (Å²) in [4.78, 5) is 12.3. The molecule has 0 radical (unpaired) electrons. The molecule has 3 nitrogen and oxygen atoms in total. The van der Waals surface area contributed by atoms with Crippen molar-refractivity contribution in [1.29, 1.82) is 0 Å². The second kappa shape index (κ2) is 8.55. The van der Waals surface area contributed by atoms with Crippen molar-refractivity contribution < 1.29 is 4.79 Å². The van der Waals surface area contributed by atoms with E-state index in [0.717, 1.165) is 25.7 Å². The molecular weight excluding hydrogens is 260 g/mol. The number of hydrogen-bond acceptors (Lipinski definition) is 2. The van der Waals surface area contributed by atoms with Gasteiger partial charge in [-0.05, 0) is 43.9 Å². The molecule has 0 aromatic rings. The minimum absolute atomic E-state index is 0.158. The molecule has 2 saturated carbocycles. The van der Waals surface area contributed by atoms with E-state index in [-0.39, 0.29) is 11.8 Å². The summed E-state index contributed by atoms with van der Waals surface area (Å²) in [6.45, 7) is 4.45. The molecule has 0 saturated heterocycles. The zero-order valence-corrected chi connectivity index (χ0v) is 13.9. The molecule has 1 N–H and O–H groups in total. The number of carbonyl (C=O) groups excluding carboxylic acids is 1. The van der Waals surface area contributed by atoms with Gasteiger partial charge in [-0.3, -0.25) is 4.79 Å². The highest BCUT2D eigenvalue weighted by Gasteiger charge is 2.25. The van der Waals surface area contributed by atoms with E-state index >= 15 is 0 Å². The van der Waals surface area contributed by atoms with Gasteiger partial charge in [-0.25, -0.2) is 5.43 Å². The van der Waals surface area contributed by atoms with Gasteiger partial charge in [0.2, 0.25) is 5.91 Å². The highest BCUT2D eigenvalue weighted by atomic mass is 16.2. The molecule has 3 heteroatoms. The summed E-state index contributed by atoms with van der Waals surface area (Å²) in [7, 11) is 0. The predicted octanol–water partition coefficient (Wildman–Crippen LogP) is 4.67. The topological polar surface area (TPSA) is 41.5 Å². The maximum absolute atomic E-state index is 12.3. The average Bonchev–Trinajstić information content (AvgIpc) is 2.52. The van der Waals surface area contributed by atoms with Gasteiger partial charge in [-0.1, -0.05) is 52.4 Å². The van der Waals surface area contributed by atoms with Crippen LogP contribution in [0, 0.1) is 17.8 Å². The fourth-order valence-electron chi connectivity index (χ4n) is 3.93. The number of nitrogens with zero attached hydrogens (tertiary/aromatic N) is 1. The van der Waals surface area contributed by atoms with E-state index < -0.39 is 0 Å². The number of hydrazone groups is 1. The quantitative estimate of drug-likeness (QED) is 0.581. The molecule has 0 aromatic carbocycles. The predicted molar refractivity (Wildman–Crippen MR) is 88.2 cm³/mol. The molecule has 21 heavy (non-hydrogen) atoms. The van der Waals surface area contributed by atoms with Crippen LogP contribution < -0.4 is 5.43 Å². The van der Waals surface area contributed by atoms with E-state index in [9.17, 15) is 4.79 Å². The molecule has 2 atom stereocenters. The second-order valence-electron chi connectivity index (χ2n) is 7.13. The molecule has 2 aliphatic carbocycles. The highest BCUT2D eigenvalue weighted by Crippen LogP contribution is 2.29. The first-order valence-corrected chi connectivity index (χ1v) is 9.07. The van der Waals surface area contributed by atoms with Crippen molar-refractivity contribution in [1.82, 2.24) is 5.43 Å². The summed E-state index contributed by atoms with van der Waals surface area (Å²) >= 11 is 0. The Kier molecular flexibility index (Phi) is 6.72. The molecule has 120 valence electrons. The van der Waals surface area contributed by atoms with E-state index in [2.05, 4.69) is 24.4 Å².